The summed E-state index contributed by atoms with van der Waals surface area (Å²) in [6.45, 7) is 0.716. The molecule has 1 aliphatic heterocycles. The van der Waals surface area contributed by atoms with Crippen molar-refractivity contribution < 1.29 is 22.4 Å². The zero-order valence-electron chi connectivity index (χ0n) is 16.2. The van der Waals surface area contributed by atoms with E-state index < -0.39 is 23.6 Å². The number of aromatic nitrogens is 3. The standard InChI is InChI=1S/C13H11F4N3.C8H6N2O/c14-10-7-18-12(13(15,16)17)6-9(10)11-5-8-3-1-2-4-20(8)19-11;9-5-6-2-1-3-7(4-6)8(10)11/h5-7H,1-4H2;1-4H,(H2,10,11). The van der Waals surface area contributed by atoms with E-state index in [-0.39, 0.29) is 11.3 Å². The van der Waals surface area contributed by atoms with Gasteiger partial charge < -0.3 is 5.73 Å². The number of benzene rings is 1. The van der Waals surface area contributed by atoms with Crippen molar-refractivity contribution in [2.75, 3.05) is 0 Å². The summed E-state index contributed by atoms with van der Waals surface area (Å²) in [4.78, 5) is 13.7. The van der Waals surface area contributed by atoms with E-state index >= 15 is 0 Å². The summed E-state index contributed by atoms with van der Waals surface area (Å²) in [7, 11) is 0. The number of hydrogen-bond donors (Lipinski definition) is 1. The summed E-state index contributed by atoms with van der Waals surface area (Å²) >= 11 is 0. The molecule has 10 heteroatoms. The summed E-state index contributed by atoms with van der Waals surface area (Å²) in [6, 6.07) is 10.6. The number of hydrogen-bond acceptors (Lipinski definition) is 4. The minimum Gasteiger partial charge on any atom is -0.366 e. The second-order valence-electron chi connectivity index (χ2n) is 6.81. The Balaban J connectivity index is 0.000000210. The highest BCUT2D eigenvalue weighted by Gasteiger charge is 2.33. The molecule has 160 valence electrons. The zero-order chi connectivity index (χ0) is 22.6. The van der Waals surface area contributed by atoms with Crippen LogP contribution in [0.5, 0.6) is 0 Å². The first-order chi connectivity index (χ1) is 14.7. The fourth-order valence-corrected chi connectivity index (χ4v) is 3.08. The van der Waals surface area contributed by atoms with Crippen molar-refractivity contribution in [2.45, 2.75) is 32.0 Å². The van der Waals surface area contributed by atoms with Crippen LogP contribution >= 0.6 is 0 Å². The van der Waals surface area contributed by atoms with Crippen LogP contribution in [0.2, 0.25) is 0 Å². The Morgan fingerprint density at radius 3 is 2.61 bits per heavy atom. The number of alkyl halides is 3. The van der Waals surface area contributed by atoms with Gasteiger partial charge in [0.2, 0.25) is 5.91 Å². The molecule has 3 heterocycles. The van der Waals surface area contributed by atoms with Crippen molar-refractivity contribution in [1.29, 1.82) is 5.26 Å². The van der Waals surface area contributed by atoms with Crippen LogP contribution in [0.4, 0.5) is 17.6 Å². The molecule has 3 aromatic rings. The van der Waals surface area contributed by atoms with E-state index in [2.05, 4.69) is 10.1 Å². The highest BCUT2D eigenvalue weighted by molar-refractivity contribution is 5.93. The molecule has 0 spiro atoms. The molecule has 0 fully saturated rings. The summed E-state index contributed by atoms with van der Waals surface area (Å²) < 4.78 is 53.4. The lowest BCUT2D eigenvalue weighted by atomic mass is 10.1. The van der Waals surface area contributed by atoms with Crippen LogP contribution in [0.15, 0.2) is 42.6 Å². The molecule has 1 aromatic carbocycles. The van der Waals surface area contributed by atoms with Gasteiger partial charge in [0.1, 0.15) is 5.69 Å². The van der Waals surface area contributed by atoms with Crippen molar-refractivity contribution in [3.63, 3.8) is 0 Å². The van der Waals surface area contributed by atoms with Crippen LogP contribution in [0, 0.1) is 17.1 Å². The van der Waals surface area contributed by atoms with Gasteiger partial charge in [-0.25, -0.2) is 9.37 Å². The average molecular weight is 431 g/mol. The second kappa shape index (κ2) is 8.95. The van der Waals surface area contributed by atoms with Gasteiger partial charge in [0.05, 0.1) is 23.5 Å². The van der Waals surface area contributed by atoms with Crippen molar-refractivity contribution in [3.05, 3.63) is 70.9 Å². The molecule has 0 aliphatic carbocycles. The van der Waals surface area contributed by atoms with Crippen LogP contribution in [-0.4, -0.2) is 20.7 Å². The number of nitrogens with two attached hydrogens (primary N) is 1. The predicted octanol–water partition coefficient (Wildman–Crippen LogP) is 4.10. The molecule has 4 rings (SSSR count). The number of nitrogens with zero attached hydrogens (tertiary/aromatic N) is 4. The third-order valence-corrected chi connectivity index (χ3v) is 4.61. The molecular weight excluding hydrogens is 414 g/mol. The first kappa shape index (κ1) is 22.0. The molecule has 1 amide bonds. The van der Waals surface area contributed by atoms with Crippen molar-refractivity contribution in [3.8, 4) is 17.3 Å². The molecule has 1 aliphatic rings. The molecule has 2 N–H and O–H groups in total. The van der Waals surface area contributed by atoms with Gasteiger partial charge in [0.15, 0.2) is 5.82 Å². The Kier molecular flexibility index (Phi) is 6.34. The average Bonchev–Trinajstić information content (AvgIpc) is 3.17. The molecule has 31 heavy (non-hydrogen) atoms. The molecule has 2 aromatic heterocycles. The van der Waals surface area contributed by atoms with E-state index in [1.807, 2.05) is 6.07 Å². The van der Waals surface area contributed by atoms with Gasteiger partial charge in [-0.3, -0.25) is 9.48 Å². The predicted molar refractivity (Wildman–Crippen MR) is 103 cm³/mol. The van der Waals surface area contributed by atoms with Crippen molar-refractivity contribution >= 4 is 5.91 Å². The minimum atomic E-state index is -4.60. The maximum atomic E-state index is 13.7. The quantitative estimate of drug-likeness (QED) is 0.618. The van der Waals surface area contributed by atoms with Gasteiger partial charge in [0.25, 0.3) is 0 Å². The number of pyridine rings is 1. The SMILES string of the molecule is Fc1cnc(C(F)(F)F)cc1-c1cc2n(n1)CCCC2.N#Cc1cccc(C(N)=O)c1. The van der Waals surface area contributed by atoms with Gasteiger partial charge in [-0.2, -0.15) is 23.5 Å². The fourth-order valence-electron chi connectivity index (χ4n) is 3.08. The lowest BCUT2D eigenvalue weighted by molar-refractivity contribution is -0.141. The minimum absolute atomic E-state index is 0.158. The summed E-state index contributed by atoms with van der Waals surface area (Å²) in [5.74, 6) is -1.31. The van der Waals surface area contributed by atoms with Gasteiger partial charge in [-0.05, 0) is 49.6 Å². The van der Waals surface area contributed by atoms with Gasteiger partial charge in [-0.1, -0.05) is 6.07 Å². The highest BCUT2D eigenvalue weighted by Crippen LogP contribution is 2.32. The van der Waals surface area contributed by atoms with Gasteiger partial charge in [-0.15, -0.1) is 0 Å². The van der Waals surface area contributed by atoms with Gasteiger partial charge >= 0.3 is 6.18 Å². The van der Waals surface area contributed by atoms with Gasteiger partial charge in [0, 0.05) is 23.4 Å². The van der Waals surface area contributed by atoms with Crippen LogP contribution in [-0.2, 0) is 19.1 Å². The van der Waals surface area contributed by atoms with Crippen molar-refractivity contribution in [2.24, 2.45) is 5.73 Å². The lowest BCUT2D eigenvalue weighted by Crippen LogP contribution is -2.10. The maximum Gasteiger partial charge on any atom is 0.433 e. The first-order valence-corrected chi connectivity index (χ1v) is 9.29. The van der Waals surface area contributed by atoms with E-state index in [1.54, 1.807) is 28.9 Å². The number of primary amides is 1. The Morgan fingerprint density at radius 1 is 1.19 bits per heavy atom. The molecule has 0 bridgehead atoms. The summed E-state index contributed by atoms with van der Waals surface area (Å²) in [6.07, 6.45) is -1.21. The van der Waals surface area contributed by atoms with E-state index in [0.717, 1.165) is 25.0 Å². The van der Waals surface area contributed by atoms with Crippen LogP contribution in [0.3, 0.4) is 0 Å². The lowest BCUT2D eigenvalue weighted by Gasteiger charge is -2.11. The molecule has 0 unspecified atom stereocenters. The molecule has 6 nitrogen and oxygen atoms in total. The zero-order valence-corrected chi connectivity index (χ0v) is 16.2. The molecule has 0 radical (unpaired) electrons. The van der Waals surface area contributed by atoms with Crippen LogP contribution in [0.1, 0.15) is 40.2 Å². The molecule has 0 saturated carbocycles. The molecular formula is C21H17F4N5O. The third-order valence-electron chi connectivity index (χ3n) is 4.61. The number of amides is 1. The number of rotatable bonds is 2. The Labute approximate surface area is 174 Å². The number of nitriles is 1. The van der Waals surface area contributed by atoms with E-state index in [0.29, 0.717) is 29.9 Å². The molecule has 0 atom stereocenters. The Bertz CT molecular complexity index is 1120. The molecule has 0 saturated heterocycles. The smallest absolute Gasteiger partial charge is 0.366 e. The van der Waals surface area contributed by atoms with E-state index in [4.69, 9.17) is 11.0 Å². The van der Waals surface area contributed by atoms with E-state index in [9.17, 15) is 22.4 Å². The highest BCUT2D eigenvalue weighted by atomic mass is 19.4. The second-order valence-corrected chi connectivity index (χ2v) is 6.81. The summed E-state index contributed by atoms with van der Waals surface area (Å²) in [5.41, 5.74) is 5.69. The third kappa shape index (κ3) is 5.25. The topological polar surface area (TPSA) is 97.6 Å². The Hall–Kier alpha value is -3.74. The first-order valence-electron chi connectivity index (χ1n) is 9.29. The van der Waals surface area contributed by atoms with Crippen LogP contribution in [0.25, 0.3) is 11.3 Å². The fraction of sp³-hybridized carbons (Fsp3) is 0.238. The number of halogens is 4. The van der Waals surface area contributed by atoms with Crippen LogP contribution < -0.4 is 5.73 Å². The largest absolute Gasteiger partial charge is 0.433 e. The summed E-state index contributed by atoms with van der Waals surface area (Å²) in [5, 5.41) is 12.6. The van der Waals surface area contributed by atoms with E-state index in [1.165, 1.54) is 6.07 Å². The van der Waals surface area contributed by atoms with Crippen molar-refractivity contribution in [1.82, 2.24) is 14.8 Å². The number of carbonyl (C=O) groups is 1. The maximum absolute atomic E-state index is 13.7. The Morgan fingerprint density at radius 2 is 1.97 bits per heavy atom. The number of carbonyl (C=O) groups excluding carboxylic acids is 1. The normalized spacial score (nSPS) is 12.9. The monoisotopic (exact) mass is 431 g/mol. The number of aryl methyl sites for hydroxylation is 2. The number of fused-ring (bicyclic) bond motifs is 1.